The van der Waals surface area contributed by atoms with E-state index in [0.29, 0.717) is 18.7 Å². The molecule has 0 saturated heterocycles. The predicted octanol–water partition coefficient (Wildman–Crippen LogP) is 4.57. The molecule has 9 heteroatoms. The number of H-pyrrole nitrogens is 1. The number of tetrazole rings is 1. The molecule has 0 aliphatic rings. The van der Waals surface area contributed by atoms with Gasteiger partial charge in [-0.15, -0.1) is 5.10 Å². The first-order valence-corrected chi connectivity index (χ1v) is 11.7. The van der Waals surface area contributed by atoms with Crippen LogP contribution in [0.2, 0.25) is 0 Å². The molecule has 0 saturated carbocycles. The molecule has 4 rings (SSSR count). The lowest BCUT2D eigenvalue weighted by molar-refractivity contribution is 0.153. The molecular weight excluding hydrogens is 447 g/mol. The van der Waals surface area contributed by atoms with Gasteiger partial charge in [0.25, 0.3) is 5.56 Å². The molecule has 0 unspecified atom stereocenters. The van der Waals surface area contributed by atoms with E-state index in [1.54, 1.807) is 19.2 Å². The van der Waals surface area contributed by atoms with Gasteiger partial charge in [-0.25, -0.2) is 9.07 Å². The van der Waals surface area contributed by atoms with Crippen molar-refractivity contribution in [1.29, 1.82) is 0 Å². The standard InChI is InChI=1S/C26H31FN6O2/c1-6-23(24-29-30-31-33(24)26(2,3)4)32(15-17-7-9-20(27)10-8-17)16-19-13-18-14-21(35-5)11-12-22(18)28-25(19)34/h7-14,23H,6,15-16H2,1-5H3,(H,28,34)/t23-/m0/s1. The number of hydrogen-bond acceptors (Lipinski definition) is 6. The van der Waals surface area contributed by atoms with Crippen molar-refractivity contribution in [2.24, 2.45) is 0 Å². The van der Waals surface area contributed by atoms with E-state index in [-0.39, 0.29) is 23.0 Å². The highest BCUT2D eigenvalue weighted by Crippen LogP contribution is 2.29. The molecule has 0 bridgehead atoms. The number of aromatic amines is 1. The minimum absolute atomic E-state index is 0.156. The first-order chi connectivity index (χ1) is 16.7. The molecule has 0 fully saturated rings. The number of pyridine rings is 1. The number of aromatic nitrogens is 5. The van der Waals surface area contributed by atoms with E-state index in [1.807, 2.05) is 49.7 Å². The van der Waals surface area contributed by atoms with Crippen LogP contribution in [-0.4, -0.2) is 37.2 Å². The topological polar surface area (TPSA) is 88.9 Å². The maximum atomic E-state index is 13.6. The Bertz CT molecular complexity index is 1360. The molecule has 2 aromatic carbocycles. The van der Waals surface area contributed by atoms with Crippen molar-refractivity contribution >= 4 is 10.9 Å². The normalized spacial score (nSPS) is 12.9. The number of halogens is 1. The predicted molar refractivity (Wildman–Crippen MR) is 133 cm³/mol. The SMILES string of the molecule is CC[C@@H](c1nnnn1C(C)(C)C)N(Cc1ccc(F)cc1)Cc1cc2cc(OC)ccc2[nH]c1=O. The summed E-state index contributed by atoms with van der Waals surface area (Å²) >= 11 is 0. The lowest BCUT2D eigenvalue weighted by Crippen LogP contribution is -2.35. The summed E-state index contributed by atoms with van der Waals surface area (Å²) in [6.07, 6.45) is 0.719. The zero-order chi connectivity index (χ0) is 25.2. The third-order valence-electron chi connectivity index (χ3n) is 6.06. The number of benzene rings is 2. The van der Waals surface area contributed by atoms with Crippen LogP contribution in [-0.2, 0) is 18.6 Å². The third kappa shape index (κ3) is 5.40. The highest BCUT2D eigenvalue weighted by Gasteiger charge is 2.29. The molecule has 0 radical (unpaired) electrons. The van der Waals surface area contributed by atoms with Gasteiger partial charge in [-0.05, 0) is 79.6 Å². The Balaban J connectivity index is 1.77. The van der Waals surface area contributed by atoms with Gasteiger partial charge in [-0.1, -0.05) is 19.1 Å². The molecule has 4 aromatic rings. The van der Waals surface area contributed by atoms with E-state index in [9.17, 15) is 9.18 Å². The zero-order valence-electron chi connectivity index (χ0n) is 20.7. The van der Waals surface area contributed by atoms with Crippen LogP contribution < -0.4 is 10.3 Å². The quantitative estimate of drug-likeness (QED) is 0.399. The summed E-state index contributed by atoms with van der Waals surface area (Å²) in [7, 11) is 1.61. The van der Waals surface area contributed by atoms with E-state index in [4.69, 9.17) is 4.74 Å². The maximum absolute atomic E-state index is 13.6. The van der Waals surface area contributed by atoms with Crippen LogP contribution in [0.3, 0.4) is 0 Å². The fraction of sp³-hybridized carbons (Fsp3) is 0.385. The Morgan fingerprint density at radius 3 is 2.51 bits per heavy atom. The van der Waals surface area contributed by atoms with Crippen molar-refractivity contribution in [3.05, 3.63) is 81.7 Å². The molecule has 0 aliphatic heterocycles. The van der Waals surface area contributed by atoms with Crippen molar-refractivity contribution in [2.45, 2.75) is 58.8 Å². The van der Waals surface area contributed by atoms with E-state index in [1.165, 1.54) is 12.1 Å². The lowest BCUT2D eigenvalue weighted by atomic mass is 10.0. The van der Waals surface area contributed by atoms with Crippen molar-refractivity contribution in [2.75, 3.05) is 7.11 Å². The Morgan fingerprint density at radius 2 is 1.86 bits per heavy atom. The van der Waals surface area contributed by atoms with Crippen molar-refractivity contribution < 1.29 is 9.13 Å². The smallest absolute Gasteiger partial charge is 0.252 e. The van der Waals surface area contributed by atoms with Crippen LogP contribution in [0.15, 0.2) is 53.3 Å². The minimum Gasteiger partial charge on any atom is -0.497 e. The van der Waals surface area contributed by atoms with Crippen LogP contribution in [0.25, 0.3) is 10.9 Å². The molecule has 184 valence electrons. The molecule has 0 amide bonds. The van der Waals surface area contributed by atoms with Crippen molar-refractivity contribution in [3.63, 3.8) is 0 Å². The summed E-state index contributed by atoms with van der Waals surface area (Å²) < 4.78 is 20.7. The second kappa shape index (κ2) is 9.95. The molecule has 8 nitrogen and oxygen atoms in total. The molecule has 0 spiro atoms. The average Bonchev–Trinajstić information content (AvgIpc) is 3.31. The van der Waals surface area contributed by atoms with Crippen LogP contribution in [0.1, 0.15) is 57.1 Å². The van der Waals surface area contributed by atoms with Crippen molar-refractivity contribution in [3.8, 4) is 5.75 Å². The molecular formula is C26H31FN6O2. The van der Waals surface area contributed by atoms with Gasteiger partial charge < -0.3 is 9.72 Å². The fourth-order valence-corrected chi connectivity index (χ4v) is 4.28. The number of rotatable bonds is 8. The van der Waals surface area contributed by atoms with E-state index in [2.05, 4.69) is 32.3 Å². The van der Waals surface area contributed by atoms with Gasteiger partial charge in [0, 0.05) is 29.6 Å². The zero-order valence-corrected chi connectivity index (χ0v) is 20.7. The summed E-state index contributed by atoms with van der Waals surface area (Å²) in [5, 5.41) is 13.4. The fourth-order valence-electron chi connectivity index (χ4n) is 4.28. The van der Waals surface area contributed by atoms with Crippen LogP contribution in [0.5, 0.6) is 5.75 Å². The van der Waals surface area contributed by atoms with Crippen molar-refractivity contribution in [1.82, 2.24) is 30.1 Å². The average molecular weight is 479 g/mol. The molecule has 0 aliphatic carbocycles. The maximum Gasteiger partial charge on any atom is 0.252 e. The molecule has 1 atom stereocenters. The largest absolute Gasteiger partial charge is 0.497 e. The van der Waals surface area contributed by atoms with E-state index < -0.39 is 0 Å². The summed E-state index contributed by atoms with van der Waals surface area (Å²) in [5.41, 5.74) is 1.81. The summed E-state index contributed by atoms with van der Waals surface area (Å²) in [5.74, 6) is 1.15. The van der Waals surface area contributed by atoms with Gasteiger partial charge in [0.2, 0.25) is 0 Å². The summed E-state index contributed by atoms with van der Waals surface area (Å²) in [4.78, 5) is 18.2. The number of hydrogen-bond donors (Lipinski definition) is 1. The van der Waals surface area contributed by atoms with Gasteiger partial charge in [0.05, 0.1) is 18.7 Å². The number of fused-ring (bicyclic) bond motifs is 1. The Hall–Kier alpha value is -3.59. The lowest BCUT2D eigenvalue weighted by Gasteiger charge is -2.32. The number of nitrogens with one attached hydrogen (secondary N) is 1. The minimum atomic E-state index is -0.315. The Morgan fingerprint density at radius 1 is 1.11 bits per heavy atom. The molecule has 1 N–H and O–H groups in total. The molecule has 2 aromatic heterocycles. The number of nitrogens with zero attached hydrogens (tertiary/aromatic N) is 5. The highest BCUT2D eigenvalue weighted by molar-refractivity contribution is 5.80. The summed E-state index contributed by atoms with van der Waals surface area (Å²) in [6, 6.07) is 13.7. The van der Waals surface area contributed by atoms with Gasteiger partial charge in [0.15, 0.2) is 5.82 Å². The monoisotopic (exact) mass is 478 g/mol. The molecule has 2 heterocycles. The Labute approximate surface area is 203 Å². The third-order valence-corrected chi connectivity index (χ3v) is 6.06. The van der Waals surface area contributed by atoms with Gasteiger partial charge in [-0.3, -0.25) is 9.69 Å². The Kier molecular flexibility index (Phi) is 6.98. The van der Waals surface area contributed by atoms with Gasteiger partial charge in [-0.2, -0.15) is 0 Å². The summed E-state index contributed by atoms with van der Waals surface area (Å²) in [6.45, 7) is 9.06. The first kappa shape index (κ1) is 24.5. The second-order valence-corrected chi connectivity index (χ2v) is 9.65. The van der Waals surface area contributed by atoms with E-state index in [0.717, 1.165) is 34.5 Å². The van der Waals surface area contributed by atoms with E-state index >= 15 is 0 Å². The van der Waals surface area contributed by atoms with Gasteiger partial charge >= 0.3 is 0 Å². The van der Waals surface area contributed by atoms with Crippen LogP contribution in [0.4, 0.5) is 4.39 Å². The van der Waals surface area contributed by atoms with Crippen LogP contribution in [0, 0.1) is 5.82 Å². The second-order valence-electron chi connectivity index (χ2n) is 9.65. The number of methoxy groups -OCH3 is 1. The molecule has 35 heavy (non-hydrogen) atoms. The van der Waals surface area contributed by atoms with Crippen LogP contribution >= 0.6 is 0 Å². The first-order valence-electron chi connectivity index (χ1n) is 11.7. The number of ether oxygens (including phenoxy) is 1. The highest BCUT2D eigenvalue weighted by atomic mass is 19.1. The van der Waals surface area contributed by atoms with Gasteiger partial charge in [0.1, 0.15) is 11.6 Å².